The van der Waals surface area contributed by atoms with Gasteiger partial charge in [-0.2, -0.15) is 0 Å². The quantitative estimate of drug-likeness (QED) is 0.887. The van der Waals surface area contributed by atoms with E-state index in [2.05, 4.69) is 10.3 Å². The van der Waals surface area contributed by atoms with E-state index in [1.165, 1.54) is 4.57 Å². The van der Waals surface area contributed by atoms with Crippen LogP contribution >= 0.6 is 23.2 Å². The Bertz CT molecular complexity index is 875. The van der Waals surface area contributed by atoms with Crippen LogP contribution < -0.4 is 10.9 Å². The van der Waals surface area contributed by atoms with Gasteiger partial charge < -0.3 is 5.32 Å². The molecule has 0 spiro atoms. The van der Waals surface area contributed by atoms with Crippen molar-refractivity contribution in [2.45, 2.75) is 19.9 Å². The summed E-state index contributed by atoms with van der Waals surface area (Å²) in [6.07, 6.45) is 0.655. The molecule has 2 aromatic rings. The summed E-state index contributed by atoms with van der Waals surface area (Å²) in [4.78, 5) is 31.1. The number of nitrogens with one attached hydrogen (secondary N) is 1. The average Bonchev–Trinajstić information content (AvgIpc) is 2.52. The molecule has 2 heterocycles. The molecule has 0 unspecified atom stereocenters. The molecule has 0 radical (unpaired) electrons. The van der Waals surface area contributed by atoms with Crippen molar-refractivity contribution in [1.29, 1.82) is 0 Å². The predicted molar refractivity (Wildman–Crippen MR) is 98.3 cm³/mol. The van der Waals surface area contributed by atoms with Crippen molar-refractivity contribution in [3.8, 4) is 0 Å². The van der Waals surface area contributed by atoms with Crippen LogP contribution in [0.1, 0.15) is 17.1 Å². The number of nitrogens with zero attached hydrogens (tertiary/aromatic N) is 3. The van der Waals surface area contributed by atoms with E-state index in [0.717, 1.165) is 5.69 Å². The number of carbonyl (C=O) groups excluding carboxylic acids is 1. The summed E-state index contributed by atoms with van der Waals surface area (Å²) >= 11 is 11.9. The Labute approximate surface area is 155 Å². The number of hydrogen-bond acceptors (Lipinski definition) is 4. The van der Waals surface area contributed by atoms with E-state index >= 15 is 0 Å². The Balaban J connectivity index is 1.69. The van der Waals surface area contributed by atoms with Crippen LogP contribution in [0.3, 0.4) is 0 Å². The number of amides is 1. The van der Waals surface area contributed by atoms with Gasteiger partial charge in [0.1, 0.15) is 5.82 Å². The number of carbonyl (C=O) groups is 1. The fourth-order valence-corrected chi connectivity index (χ4v) is 3.43. The second-order valence-electron chi connectivity index (χ2n) is 6.12. The van der Waals surface area contributed by atoms with Gasteiger partial charge >= 0.3 is 0 Å². The van der Waals surface area contributed by atoms with E-state index in [4.69, 9.17) is 23.2 Å². The van der Waals surface area contributed by atoms with E-state index in [0.29, 0.717) is 46.6 Å². The summed E-state index contributed by atoms with van der Waals surface area (Å²) in [5.41, 5.74) is 2.00. The zero-order valence-electron chi connectivity index (χ0n) is 14.0. The van der Waals surface area contributed by atoms with Gasteiger partial charge in [-0.3, -0.25) is 19.1 Å². The van der Waals surface area contributed by atoms with Gasteiger partial charge in [0, 0.05) is 42.3 Å². The van der Waals surface area contributed by atoms with Crippen LogP contribution in [0.25, 0.3) is 0 Å². The number of rotatable bonds is 3. The number of hydrogen-bond donors (Lipinski definition) is 1. The summed E-state index contributed by atoms with van der Waals surface area (Å²) in [6.45, 7) is 3.09. The van der Waals surface area contributed by atoms with E-state index in [1.807, 2.05) is 11.8 Å². The topological polar surface area (TPSA) is 67.2 Å². The third-order valence-corrected chi connectivity index (χ3v) is 4.69. The van der Waals surface area contributed by atoms with Crippen LogP contribution in [-0.2, 0) is 24.8 Å². The lowest BCUT2D eigenvalue weighted by Gasteiger charge is -2.27. The van der Waals surface area contributed by atoms with Crippen LogP contribution in [-0.4, -0.2) is 33.4 Å². The molecule has 1 aromatic heterocycles. The molecule has 3 rings (SSSR count). The Hall–Kier alpha value is -1.89. The van der Waals surface area contributed by atoms with E-state index in [-0.39, 0.29) is 18.0 Å². The maximum Gasteiger partial charge on any atom is 0.257 e. The first-order chi connectivity index (χ1) is 11.8. The highest BCUT2D eigenvalue weighted by Crippen LogP contribution is 2.22. The third kappa shape index (κ3) is 4.03. The third-order valence-electron chi connectivity index (χ3n) is 4.25. The molecular weight excluding hydrogens is 363 g/mol. The summed E-state index contributed by atoms with van der Waals surface area (Å²) < 4.78 is 1.54. The molecular formula is C17H18Cl2N4O2. The lowest BCUT2D eigenvalue weighted by atomic mass is 10.1. The SMILES string of the molecule is Cc1nc2c(c(=O)n1C)CN(CC(=O)Nc1cc(Cl)cc(Cl)c1)CC2. The molecule has 0 bridgehead atoms. The molecule has 1 aromatic carbocycles. The molecule has 0 aliphatic carbocycles. The second kappa shape index (κ2) is 7.15. The molecule has 0 fully saturated rings. The number of aromatic nitrogens is 2. The molecule has 6 nitrogen and oxygen atoms in total. The molecule has 0 saturated carbocycles. The predicted octanol–water partition coefficient (Wildman–Crippen LogP) is 2.39. The average molecular weight is 381 g/mol. The fourth-order valence-electron chi connectivity index (χ4n) is 2.91. The second-order valence-corrected chi connectivity index (χ2v) is 6.99. The minimum absolute atomic E-state index is 0.0470. The lowest BCUT2D eigenvalue weighted by molar-refractivity contribution is -0.117. The van der Waals surface area contributed by atoms with Gasteiger partial charge in [-0.15, -0.1) is 0 Å². The maximum absolute atomic E-state index is 12.4. The first-order valence-electron chi connectivity index (χ1n) is 7.87. The minimum atomic E-state index is -0.182. The van der Waals surface area contributed by atoms with Crippen molar-refractivity contribution < 1.29 is 4.79 Å². The number of halogens is 2. The first kappa shape index (κ1) is 17.9. The van der Waals surface area contributed by atoms with E-state index in [9.17, 15) is 9.59 Å². The Morgan fingerprint density at radius 3 is 2.64 bits per heavy atom. The highest BCUT2D eigenvalue weighted by molar-refractivity contribution is 6.35. The van der Waals surface area contributed by atoms with Gasteiger partial charge in [0.15, 0.2) is 0 Å². The molecule has 132 valence electrons. The molecule has 1 N–H and O–H groups in total. The first-order valence-corrected chi connectivity index (χ1v) is 8.63. The van der Waals surface area contributed by atoms with Crippen LogP contribution in [0, 0.1) is 6.92 Å². The monoisotopic (exact) mass is 380 g/mol. The normalized spacial score (nSPS) is 14.2. The molecule has 25 heavy (non-hydrogen) atoms. The van der Waals surface area contributed by atoms with Crippen LogP contribution in [0.4, 0.5) is 5.69 Å². The van der Waals surface area contributed by atoms with Crippen LogP contribution in [0.5, 0.6) is 0 Å². The van der Waals surface area contributed by atoms with Crippen LogP contribution in [0.15, 0.2) is 23.0 Å². The highest BCUT2D eigenvalue weighted by Gasteiger charge is 2.23. The lowest BCUT2D eigenvalue weighted by Crippen LogP contribution is -2.41. The smallest absolute Gasteiger partial charge is 0.257 e. The van der Waals surface area contributed by atoms with Crippen molar-refractivity contribution in [1.82, 2.24) is 14.5 Å². The number of anilines is 1. The largest absolute Gasteiger partial charge is 0.325 e. The van der Waals surface area contributed by atoms with E-state index < -0.39 is 0 Å². The molecule has 1 aliphatic rings. The fraction of sp³-hybridized carbons (Fsp3) is 0.353. The molecule has 0 saturated heterocycles. The van der Waals surface area contributed by atoms with Gasteiger partial charge in [-0.1, -0.05) is 23.2 Å². The van der Waals surface area contributed by atoms with Gasteiger partial charge in [0.2, 0.25) is 5.91 Å². The molecule has 1 amide bonds. The maximum atomic E-state index is 12.4. The summed E-state index contributed by atoms with van der Waals surface area (Å²) in [7, 11) is 1.71. The number of benzene rings is 1. The van der Waals surface area contributed by atoms with Crippen LogP contribution in [0.2, 0.25) is 10.0 Å². The van der Waals surface area contributed by atoms with Crippen molar-refractivity contribution in [3.63, 3.8) is 0 Å². The van der Waals surface area contributed by atoms with Gasteiger partial charge in [0.05, 0.1) is 17.8 Å². The Kier molecular flexibility index (Phi) is 5.13. The minimum Gasteiger partial charge on any atom is -0.325 e. The summed E-state index contributed by atoms with van der Waals surface area (Å²) in [5, 5.41) is 3.70. The summed E-state index contributed by atoms with van der Waals surface area (Å²) in [5.74, 6) is 0.520. The number of aryl methyl sites for hydroxylation is 1. The van der Waals surface area contributed by atoms with Gasteiger partial charge in [0.25, 0.3) is 5.56 Å². The molecule has 8 heteroatoms. The Morgan fingerprint density at radius 2 is 1.96 bits per heavy atom. The highest BCUT2D eigenvalue weighted by atomic mass is 35.5. The van der Waals surface area contributed by atoms with Gasteiger partial charge in [-0.25, -0.2) is 4.98 Å². The Morgan fingerprint density at radius 1 is 1.28 bits per heavy atom. The number of fused-ring (bicyclic) bond motifs is 1. The van der Waals surface area contributed by atoms with Crippen molar-refractivity contribution >= 4 is 34.8 Å². The molecule has 0 atom stereocenters. The zero-order valence-corrected chi connectivity index (χ0v) is 15.5. The zero-order chi connectivity index (χ0) is 18.1. The van der Waals surface area contributed by atoms with Gasteiger partial charge in [-0.05, 0) is 25.1 Å². The van der Waals surface area contributed by atoms with Crippen molar-refractivity contribution in [2.24, 2.45) is 7.05 Å². The standard InChI is InChI=1S/C17H18Cl2N4O2/c1-10-20-15-3-4-23(8-14(15)17(25)22(10)2)9-16(24)21-13-6-11(18)5-12(19)7-13/h5-7H,3-4,8-9H2,1-2H3,(H,21,24). The van der Waals surface area contributed by atoms with E-state index in [1.54, 1.807) is 25.2 Å². The van der Waals surface area contributed by atoms with Crippen molar-refractivity contribution in [2.75, 3.05) is 18.4 Å². The molecule has 1 aliphatic heterocycles. The van der Waals surface area contributed by atoms with Crippen molar-refractivity contribution in [3.05, 3.63) is 55.7 Å². The summed E-state index contributed by atoms with van der Waals surface area (Å²) in [6, 6.07) is 4.88.